The summed E-state index contributed by atoms with van der Waals surface area (Å²) in [4.78, 5) is 0. The summed E-state index contributed by atoms with van der Waals surface area (Å²) < 4.78 is 0. The van der Waals surface area contributed by atoms with Gasteiger partial charge in [-0.15, -0.1) is 23.2 Å². The molecule has 14 heavy (non-hydrogen) atoms. The van der Waals surface area contributed by atoms with Gasteiger partial charge in [0.05, 0.1) is 0 Å². The maximum absolute atomic E-state index is 5.91. The molecular formula is C12H16Cl2. The number of hydrogen-bond acceptors (Lipinski definition) is 0. The van der Waals surface area contributed by atoms with Crippen LogP contribution in [-0.2, 0) is 18.7 Å². The SMILES string of the molecule is CCc1cccc(CCl)c1CCCCl. The Labute approximate surface area is 96.2 Å². The van der Waals surface area contributed by atoms with E-state index in [1.165, 1.54) is 16.7 Å². The molecule has 0 aliphatic rings. The van der Waals surface area contributed by atoms with E-state index in [0.717, 1.165) is 25.1 Å². The Morgan fingerprint density at radius 1 is 1.14 bits per heavy atom. The minimum Gasteiger partial charge on any atom is -0.127 e. The predicted molar refractivity (Wildman–Crippen MR) is 64.4 cm³/mol. The lowest BCUT2D eigenvalue weighted by atomic mass is 9.96. The van der Waals surface area contributed by atoms with Crippen molar-refractivity contribution in [1.82, 2.24) is 0 Å². The van der Waals surface area contributed by atoms with Crippen LogP contribution in [0.15, 0.2) is 18.2 Å². The highest BCUT2D eigenvalue weighted by molar-refractivity contribution is 6.18. The van der Waals surface area contributed by atoms with Crippen molar-refractivity contribution in [1.29, 1.82) is 0 Å². The predicted octanol–water partition coefficient (Wildman–Crippen LogP) is 4.16. The van der Waals surface area contributed by atoms with E-state index in [0.29, 0.717) is 5.88 Å². The van der Waals surface area contributed by atoms with Crippen LogP contribution in [0.5, 0.6) is 0 Å². The van der Waals surface area contributed by atoms with E-state index in [1.807, 2.05) is 0 Å². The highest BCUT2D eigenvalue weighted by Gasteiger charge is 2.05. The van der Waals surface area contributed by atoms with Crippen molar-refractivity contribution in [3.05, 3.63) is 34.9 Å². The van der Waals surface area contributed by atoms with Crippen molar-refractivity contribution in [2.24, 2.45) is 0 Å². The van der Waals surface area contributed by atoms with Gasteiger partial charge < -0.3 is 0 Å². The lowest BCUT2D eigenvalue weighted by Crippen LogP contribution is -1.98. The van der Waals surface area contributed by atoms with Gasteiger partial charge in [-0.3, -0.25) is 0 Å². The molecule has 0 amide bonds. The third-order valence-electron chi connectivity index (χ3n) is 2.46. The van der Waals surface area contributed by atoms with Crippen LogP contribution in [0.3, 0.4) is 0 Å². The Bertz CT molecular complexity index is 259. The van der Waals surface area contributed by atoms with Crippen molar-refractivity contribution in [3.63, 3.8) is 0 Å². The summed E-state index contributed by atoms with van der Waals surface area (Å²) in [6, 6.07) is 6.37. The van der Waals surface area contributed by atoms with Gasteiger partial charge in [-0.25, -0.2) is 0 Å². The van der Waals surface area contributed by atoms with Crippen molar-refractivity contribution >= 4 is 23.2 Å². The summed E-state index contributed by atoms with van der Waals surface area (Å²) in [6.45, 7) is 2.18. The van der Waals surface area contributed by atoms with E-state index in [4.69, 9.17) is 23.2 Å². The van der Waals surface area contributed by atoms with Gasteiger partial charge in [0.15, 0.2) is 0 Å². The molecule has 1 aromatic carbocycles. The molecule has 0 nitrogen and oxygen atoms in total. The Hall–Kier alpha value is -0.200. The van der Waals surface area contributed by atoms with Gasteiger partial charge in [-0.05, 0) is 36.0 Å². The third-order valence-corrected chi connectivity index (χ3v) is 3.01. The lowest BCUT2D eigenvalue weighted by Gasteiger charge is -2.11. The Morgan fingerprint density at radius 3 is 2.43 bits per heavy atom. The molecule has 0 aliphatic heterocycles. The molecule has 1 rings (SSSR count). The summed E-state index contributed by atoms with van der Waals surface area (Å²) in [6.07, 6.45) is 3.15. The van der Waals surface area contributed by atoms with Gasteiger partial charge in [-0.1, -0.05) is 25.1 Å². The number of benzene rings is 1. The zero-order chi connectivity index (χ0) is 10.4. The molecule has 0 heterocycles. The van der Waals surface area contributed by atoms with Crippen molar-refractivity contribution in [2.75, 3.05) is 5.88 Å². The van der Waals surface area contributed by atoms with E-state index in [-0.39, 0.29) is 0 Å². The average molecular weight is 231 g/mol. The van der Waals surface area contributed by atoms with Gasteiger partial charge in [0.1, 0.15) is 0 Å². The van der Waals surface area contributed by atoms with Crippen LogP contribution in [-0.4, -0.2) is 5.88 Å². The first-order valence-corrected chi connectivity index (χ1v) is 6.12. The Balaban J connectivity index is 2.93. The Morgan fingerprint density at radius 2 is 1.86 bits per heavy atom. The molecule has 1 aromatic rings. The number of rotatable bonds is 5. The van der Waals surface area contributed by atoms with Crippen LogP contribution in [0.4, 0.5) is 0 Å². The number of aryl methyl sites for hydroxylation is 1. The first-order valence-electron chi connectivity index (χ1n) is 5.05. The lowest BCUT2D eigenvalue weighted by molar-refractivity contribution is 0.893. The van der Waals surface area contributed by atoms with Crippen molar-refractivity contribution < 1.29 is 0 Å². The molecule has 2 heteroatoms. The molecule has 0 N–H and O–H groups in total. The van der Waals surface area contributed by atoms with Gasteiger partial charge in [-0.2, -0.15) is 0 Å². The summed E-state index contributed by atoms with van der Waals surface area (Å²) >= 11 is 11.6. The van der Waals surface area contributed by atoms with Crippen LogP contribution in [0.1, 0.15) is 30.0 Å². The van der Waals surface area contributed by atoms with Crippen LogP contribution in [0, 0.1) is 0 Å². The quantitative estimate of drug-likeness (QED) is 0.667. The molecule has 0 aromatic heterocycles. The van der Waals surface area contributed by atoms with Crippen LogP contribution >= 0.6 is 23.2 Å². The topological polar surface area (TPSA) is 0 Å². The second-order valence-electron chi connectivity index (χ2n) is 3.33. The minimum absolute atomic E-state index is 0.603. The fourth-order valence-corrected chi connectivity index (χ4v) is 2.09. The van der Waals surface area contributed by atoms with Gasteiger partial charge in [0.25, 0.3) is 0 Å². The van der Waals surface area contributed by atoms with Crippen molar-refractivity contribution in [3.8, 4) is 0 Å². The molecule has 0 aliphatic carbocycles. The van der Waals surface area contributed by atoms with Crippen molar-refractivity contribution in [2.45, 2.75) is 32.1 Å². The number of halogens is 2. The molecule has 0 bridgehead atoms. The summed E-state index contributed by atoms with van der Waals surface area (Å²) in [5.41, 5.74) is 4.08. The maximum Gasteiger partial charge on any atom is 0.0476 e. The van der Waals surface area contributed by atoms with E-state index >= 15 is 0 Å². The normalized spacial score (nSPS) is 10.5. The molecule has 0 spiro atoms. The first-order chi connectivity index (χ1) is 6.83. The average Bonchev–Trinajstić information content (AvgIpc) is 2.25. The largest absolute Gasteiger partial charge is 0.127 e. The van der Waals surface area contributed by atoms with Crippen LogP contribution < -0.4 is 0 Å². The highest BCUT2D eigenvalue weighted by atomic mass is 35.5. The molecule has 0 saturated carbocycles. The van der Waals surface area contributed by atoms with E-state index in [2.05, 4.69) is 25.1 Å². The smallest absolute Gasteiger partial charge is 0.0476 e. The maximum atomic E-state index is 5.91. The third kappa shape index (κ3) is 2.90. The van der Waals surface area contributed by atoms with Gasteiger partial charge in [0.2, 0.25) is 0 Å². The first kappa shape index (κ1) is 11.9. The molecule has 0 fully saturated rings. The van der Waals surface area contributed by atoms with Crippen LogP contribution in [0.2, 0.25) is 0 Å². The Kier molecular flexibility index (Phi) is 5.36. The van der Waals surface area contributed by atoms with E-state index in [9.17, 15) is 0 Å². The van der Waals surface area contributed by atoms with E-state index < -0.39 is 0 Å². The summed E-state index contributed by atoms with van der Waals surface area (Å²) in [5.74, 6) is 1.32. The zero-order valence-electron chi connectivity index (χ0n) is 8.52. The van der Waals surface area contributed by atoms with E-state index in [1.54, 1.807) is 0 Å². The summed E-state index contributed by atoms with van der Waals surface area (Å²) in [5, 5.41) is 0. The zero-order valence-corrected chi connectivity index (χ0v) is 10.0. The number of hydrogen-bond donors (Lipinski definition) is 0. The fraction of sp³-hybridized carbons (Fsp3) is 0.500. The molecule has 0 atom stereocenters. The molecule has 0 unspecified atom stereocenters. The molecule has 78 valence electrons. The summed E-state index contributed by atoms with van der Waals surface area (Å²) in [7, 11) is 0. The fourth-order valence-electron chi connectivity index (χ4n) is 1.71. The highest BCUT2D eigenvalue weighted by Crippen LogP contribution is 2.19. The second kappa shape index (κ2) is 6.31. The molecule has 0 saturated heterocycles. The van der Waals surface area contributed by atoms with Crippen LogP contribution in [0.25, 0.3) is 0 Å². The molecular weight excluding hydrogens is 215 g/mol. The standard InChI is InChI=1S/C12H16Cl2/c1-2-10-5-3-6-11(9-14)12(10)7-4-8-13/h3,5-6H,2,4,7-9H2,1H3. The monoisotopic (exact) mass is 230 g/mol. The van der Waals surface area contributed by atoms with Gasteiger partial charge in [0, 0.05) is 11.8 Å². The second-order valence-corrected chi connectivity index (χ2v) is 3.98. The van der Waals surface area contributed by atoms with Gasteiger partial charge >= 0.3 is 0 Å². The number of alkyl halides is 2. The molecule has 0 radical (unpaired) electrons. The minimum atomic E-state index is 0.603.